The highest BCUT2D eigenvalue weighted by Crippen LogP contribution is 2.26. The fraction of sp³-hybridized carbons (Fsp3) is 0.286. The van der Waals surface area contributed by atoms with Crippen molar-refractivity contribution in [3.05, 3.63) is 55.6 Å². The third-order valence-corrected chi connectivity index (χ3v) is 5.32. The molecule has 1 heterocycles. The van der Waals surface area contributed by atoms with Crippen LogP contribution in [0.25, 0.3) is 0 Å². The third kappa shape index (κ3) is 3.99. The molecule has 2 rings (SSSR count). The average molecular weight is 364 g/mol. The highest BCUT2D eigenvalue weighted by molar-refractivity contribution is 9.10. The molecule has 18 heavy (non-hydrogen) atoms. The van der Waals surface area contributed by atoms with Gasteiger partial charge >= 0.3 is 0 Å². The van der Waals surface area contributed by atoms with E-state index >= 15 is 0 Å². The molecule has 1 unspecified atom stereocenters. The maximum Gasteiger partial charge on any atom is 0.0438 e. The fourth-order valence-electron chi connectivity index (χ4n) is 1.90. The molecule has 1 atom stereocenters. The molecule has 0 aliphatic heterocycles. The topological polar surface area (TPSA) is 0 Å². The predicted octanol–water partition coefficient (Wildman–Crippen LogP) is 5.80. The number of benzene rings is 1. The van der Waals surface area contributed by atoms with Crippen LogP contribution in [0.2, 0.25) is 5.02 Å². The summed E-state index contributed by atoms with van der Waals surface area (Å²) in [6.07, 6.45) is 1.93. The molecular weight excluding hydrogens is 351 g/mol. The Morgan fingerprint density at radius 2 is 2.00 bits per heavy atom. The molecule has 0 saturated heterocycles. The Balaban J connectivity index is 2.04. The lowest BCUT2D eigenvalue weighted by molar-refractivity contribution is 0.589. The molecule has 0 aliphatic carbocycles. The lowest BCUT2D eigenvalue weighted by Gasteiger charge is -2.13. The van der Waals surface area contributed by atoms with Crippen LogP contribution in [-0.4, -0.2) is 5.88 Å². The first-order valence-corrected chi connectivity index (χ1v) is 8.30. The second kappa shape index (κ2) is 6.95. The largest absolute Gasteiger partial charge is 0.148 e. The van der Waals surface area contributed by atoms with Crippen LogP contribution >= 0.6 is 50.5 Å². The molecule has 0 spiro atoms. The number of hydrogen-bond acceptors (Lipinski definition) is 1. The summed E-state index contributed by atoms with van der Waals surface area (Å²) in [5, 5.41) is 2.94. The second-order valence-electron chi connectivity index (χ2n) is 4.25. The first-order valence-electron chi connectivity index (χ1n) is 5.71. The van der Waals surface area contributed by atoms with Gasteiger partial charge < -0.3 is 0 Å². The van der Waals surface area contributed by atoms with Gasteiger partial charge in [-0.1, -0.05) is 29.8 Å². The molecule has 0 bridgehead atoms. The Morgan fingerprint density at radius 3 is 2.61 bits per heavy atom. The van der Waals surface area contributed by atoms with Crippen molar-refractivity contribution >= 4 is 50.5 Å². The lowest BCUT2D eigenvalue weighted by Crippen LogP contribution is -2.09. The summed E-state index contributed by atoms with van der Waals surface area (Å²) in [5.41, 5.74) is 1.18. The zero-order valence-corrected chi connectivity index (χ0v) is 13.6. The summed E-state index contributed by atoms with van der Waals surface area (Å²) < 4.78 is 1.15. The van der Waals surface area contributed by atoms with Gasteiger partial charge in [-0.3, -0.25) is 0 Å². The maximum atomic E-state index is 6.18. The molecule has 0 amide bonds. The second-order valence-corrected chi connectivity index (χ2v) is 6.88. The minimum atomic E-state index is 0.428. The normalized spacial score (nSPS) is 12.6. The molecule has 0 N–H and O–H groups in total. The predicted molar refractivity (Wildman–Crippen MR) is 85.1 cm³/mol. The Morgan fingerprint density at radius 1 is 1.22 bits per heavy atom. The van der Waals surface area contributed by atoms with E-state index in [1.165, 1.54) is 10.4 Å². The van der Waals surface area contributed by atoms with E-state index in [2.05, 4.69) is 33.4 Å². The molecule has 0 aliphatic rings. The first-order chi connectivity index (χ1) is 8.69. The maximum absolute atomic E-state index is 6.18. The van der Waals surface area contributed by atoms with Gasteiger partial charge in [0, 0.05) is 25.6 Å². The van der Waals surface area contributed by atoms with Crippen LogP contribution in [0.5, 0.6) is 0 Å². The van der Waals surface area contributed by atoms with Gasteiger partial charge in [-0.05, 0) is 52.4 Å². The van der Waals surface area contributed by atoms with Crippen molar-refractivity contribution < 1.29 is 0 Å². The minimum absolute atomic E-state index is 0.428. The van der Waals surface area contributed by atoms with Crippen LogP contribution in [0, 0.1) is 5.92 Å². The van der Waals surface area contributed by atoms with Crippen LogP contribution < -0.4 is 0 Å². The van der Waals surface area contributed by atoms with Gasteiger partial charge in [-0.15, -0.1) is 22.9 Å². The van der Waals surface area contributed by atoms with E-state index in [4.69, 9.17) is 23.2 Å². The number of alkyl halides is 1. The molecule has 4 heteroatoms. The van der Waals surface area contributed by atoms with Crippen molar-refractivity contribution in [1.29, 1.82) is 0 Å². The van der Waals surface area contributed by atoms with Gasteiger partial charge in [0.2, 0.25) is 0 Å². The van der Waals surface area contributed by atoms with E-state index in [9.17, 15) is 0 Å². The smallest absolute Gasteiger partial charge is 0.0438 e. The summed E-state index contributed by atoms with van der Waals surface area (Å²) in [4.78, 5) is 1.36. The summed E-state index contributed by atoms with van der Waals surface area (Å²) in [6.45, 7) is 0. The quantitative estimate of drug-likeness (QED) is 0.588. The van der Waals surface area contributed by atoms with Crippen LogP contribution in [0.3, 0.4) is 0 Å². The SMILES string of the molecule is ClCC(Cc1cc(Br)cs1)Cc1ccccc1Cl. The van der Waals surface area contributed by atoms with E-state index in [0.717, 1.165) is 22.3 Å². The third-order valence-electron chi connectivity index (χ3n) is 2.80. The van der Waals surface area contributed by atoms with Crippen LogP contribution in [0.1, 0.15) is 10.4 Å². The van der Waals surface area contributed by atoms with Gasteiger partial charge in [0.1, 0.15) is 0 Å². The van der Waals surface area contributed by atoms with Crippen molar-refractivity contribution in [2.45, 2.75) is 12.8 Å². The first kappa shape index (κ1) is 14.4. The minimum Gasteiger partial charge on any atom is -0.148 e. The van der Waals surface area contributed by atoms with E-state index in [0.29, 0.717) is 11.8 Å². The van der Waals surface area contributed by atoms with E-state index in [1.807, 2.05) is 18.2 Å². The number of hydrogen-bond donors (Lipinski definition) is 0. The lowest BCUT2D eigenvalue weighted by atomic mass is 9.97. The van der Waals surface area contributed by atoms with Crippen LogP contribution in [0.15, 0.2) is 40.2 Å². The number of thiophene rings is 1. The number of halogens is 3. The van der Waals surface area contributed by atoms with E-state index in [-0.39, 0.29) is 0 Å². The van der Waals surface area contributed by atoms with E-state index in [1.54, 1.807) is 11.3 Å². The monoisotopic (exact) mass is 362 g/mol. The van der Waals surface area contributed by atoms with Gasteiger partial charge in [-0.25, -0.2) is 0 Å². The Hall–Kier alpha value is -0.0200. The Kier molecular flexibility index (Phi) is 5.56. The number of rotatable bonds is 5. The summed E-state index contributed by atoms with van der Waals surface area (Å²) >= 11 is 17.5. The van der Waals surface area contributed by atoms with Crippen molar-refractivity contribution in [2.75, 3.05) is 5.88 Å². The standard InChI is InChI=1S/C14H13BrCl2S/c15-12-7-13(18-9-12)6-10(8-16)5-11-3-1-2-4-14(11)17/h1-4,7,9-10H,5-6,8H2. The molecule has 2 aromatic rings. The van der Waals surface area contributed by atoms with Crippen LogP contribution in [-0.2, 0) is 12.8 Å². The molecule has 0 saturated carbocycles. The highest BCUT2D eigenvalue weighted by Gasteiger charge is 2.12. The Bertz CT molecular complexity index is 510. The molecule has 0 radical (unpaired) electrons. The summed E-state index contributed by atoms with van der Waals surface area (Å²) in [5.74, 6) is 1.08. The van der Waals surface area contributed by atoms with Gasteiger partial charge in [-0.2, -0.15) is 0 Å². The van der Waals surface area contributed by atoms with Gasteiger partial charge in [0.05, 0.1) is 0 Å². The van der Waals surface area contributed by atoms with Crippen molar-refractivity contribution in [3.8, 4) is 0 Å². The highest BCUT2D eigenvalue weighted by atomic mass is 79.9. The van der Waals surface area contributed by atoms with Crippen molar-refractivity contribution in [1.82, 2.24) is 0 Å². The molecule has 96 valence electrons. The molecule has 1 aromatic heterocycles. The van der Waals surface area contributed by atoms with Crippen molar-refractivity contribution in [3.63, 3.8) is 0 Å². The van der Waals surface area contributed by atoms with Crippen LogP contribution in [0.4, 0.5) is 0 Å². The Labute approximate surface area is 130 Å². The van der Waals surface area contributed by atoms with E-state index < -0.39 is 0 Å². The molecule has 1 aromatic carbocycles. The zero-order valence-electron chi connectivity index (χ0n) is 9.70. The zero-order chi connectivity index (χ0) is 13.0. The molecule has 0 fully saturated rings. The van der Waals surface area contributed by atoms with Gasteiger partial charge in [0.25, 0.3) is 0 Å². The summed E-state index contributed by atoms with van der Waals surface area (Å²) in [7, 11) is 0. The summed E-state index contributed by atoms with van der Waals surface area (Å²) in [6, 6.07) is 10.2. The molecular formula is C14H13BrCl2S. The van der Waals surface area contributed by atoms with Crippen molar-refractivity contribution in [2.24, 2.45) is 5.92 Å². The molecule has 0 nitrogen and oxygen atoms in total. The van der Waals surface area contributed by atoms with Gasteiger partial charge in [0.15, 0.2) is 0 Å². The fourth-order valence-corrected chi connectivity index (χ4v) is 3.90. The average Bonchev–Trinajstić information content (AvgIpc) is 2.76.